The summed E-state index contributed by atoms with van der Waals surface area (Å²) < 4.78 is 1.78. The standard InChI is InChI=1S/C12H23N3O/c1-12(2,3)7-11(16)9-13-8-10-5-6-15(4)14-10/h5-6,11,13,16H,7-9H2,1-4H3. The molecule has 4 heteroatoms. The number of aromatic nitrogens is 2. The van der Waals surface area contributed by atoms with Crippen molar-refractivity contribution in [1.29, 1.82) is 0 Å². The summed E-state index contributed by atoms with van der Waals surface area (Å²) >= 11 is 0. The molecule has 0 radical (unpaired) electrons. The molecule has 92 valence electrons. The lowest BCUT2D eigenvalue weighted by Crippen LogP contribution is -2.29. The minimum atomic E-state index is -0.288. The Hall–Kier alpha value is -0.870. The Morgan fingerprint density at radius 2 is 2.19 bits per heavy atom. The van der Waals surface area contributed by atoms with Gasteiger partial charge in [-0.1, -0.05) is 20.8 Å². The van der Waals surface area contributed by atoms with Crippen LogP contribution in [-0.2, 0) is 13.6 Å². The minimum absolute atomic E-state index is 0.173. The zero-order valence-electron chi connectivity index (χ0n) is 10.7. The quantitative estimate of drug-likeness (QED) is 0.794. The van der Waals surface area contributed by atoms with Gasteiger partial charge in [-0.2, -0.15) is 5.10 Å². The maximum absolute atomic E-state index is 9.78. The number of rotatable bonds is 5. The van der Waals surface area contributed by atoms with Crippen molar-refractivity contribution in [3.63, 3.8) is 0 Å². The first-order valence-corrected chi connectivity index (χ1v) is 5.74. The zero-order valence-corrected chi connectivity index (χ0v) is 10.7. The summed E-state index contributed by atoms with van der Waals surface area (Å²) in [4.78, 5) is 0. The van der Waals surface area contributed by atoms with Gasteiger partial charge in [0.15, 0.2) is 0 Å². The maximum Gasteiger partial charge on any atom is 0.0762 e. The van der Waals surface area contributed by atoms with Crippen molar-refractivity contribution < 1.29 is 5.11 Å². The molecule has 1 aromatic rings. The van der Waals surface area contributed by atoms with Crippen LogP contribution in [0, 0.1) is 5.41 Å². The Kier molecular flexibility index (Phi) is 4.50. The van der Waals surface area contributed by atoms with Crippen molar-refractivity contribution in [3.05, 3.63) is 18.0 Å². The molecule has 0 aromatic carbocycles. The van der Waals surface area contributed by atoms with Gasteiger partial charge >= 0.3 is 0 Å². The Morgan fingerprint density at radius 3 is 2.69 bits per heavy atom. The number of nitrogens with zero attached hydrogens (tertiary/aromatic N) is 2. The van der Waals surface area contributed by atoms with Crippen molar-refractivity contribution >= 4 is 0 Å². The molecular formula is C12H23N3O. The molecule has 0 bridgehead atoms. The monoisotopic (exact) mass is 225 g/mol. The SMILES string of the molecule is Cn1ccc(CNCC(O)CC(C)(C)C)n1. The highest BCUT2D eigenvalue weighted by atomic mass is 16.3. The molecule has 1 rings (SSSR count). The third-order valence-corrected chi connectivity index (χ3v) is 2.30. The molecule has 1 atom stereocenters. The Labute approximate surface area is 97.7 Å². The van der Waals surface area contributed by atoms with E-state index in [-0.39, 0.29) is 11.5 Å². The van der Waals surface area contributed by atoms with Crippen molar-refractivity contribution in [2.75, 3.05) is 6.54 Å². The van der Waals surface area contributed by atoms with Crippen LogP contribution in [-0.4, -0.2) is 27.5 Å². The molecule has 0 saturated carbocycles. The van der Waals surface area contributed by atoms with Crippen LogP contribution >= 0.6 is 0 Å². The number of aryl methyl sites for hydroxylation is 1. The molecule has 0 aliphatic rings. The topological polar surface area (TPSA) is 50.1 Å². The second-order valence-electron chi connectivity index (χ2n) is 5.53. The van der Waals surface area contributed by atoms with Crippen LogP contribution in [0.15, 0.2) is 12.3 Å². The first kappa shape index (κ1) is 13.2. The van der Waals surface area contributed by atoms with Crippen molar-refractivity contribution in [2.45, 2.75) is 39.8 Å². The summed E-state index contributed by atoms with van der Waals surface area (Å²) in [5, 5.41) is 17.2. The molecule has 2 N–H and O–H groups in total. The number of aliphatic hydroxyl groups is 1. The normalized spacial score (nSPS) is 14.1. The largest absolute Gasteiger partial charge is 0.392 e. The van der Waals surface area contributed by atoms with Crippen LogP contribution in [0.5, 0.6) is 0 Å². The number of hydrogen-bond acceptors (Lipinski definition) is 3. The molecule has 0 saturated heterocycles. The summed E-state index contributed by atoms with van der Waals surface area (Å²) in [6.07, 6.45) is 2.44. The summed E-state index contributed by atoms with van der Waals surface area (Å²) in [7, 11) is 1.90. The minimum Gasteiger partial charge on any atom is -0.392 e. The summed E-state index contributed by atoms with van der Waals surface area (Å²) in [5.41, 5.74) is 1.18. The van der Waals surface area contributed by atoms with E-state index < -0.39 is 0 Å². The summed E-state index contributed by atoms with van der Waals surface area (Å²) in [6, 6.07) is 1.98. The van der Waals surface area contributed by atoms with Gasteiger partial charge in [-0.05, 0) is 17.9 Å². The molecular weight excluding hydrogens is 202 g/mol. The highest BCUT2D eigenvalue weighted by Gasteiger charge is 2.16. The zero-order chi connectivity index (χ0) is 12.2. The summed E-state index contributed by atoms with van der Waals surface area (Å²) in [6.45, 7) is 7.73. The Morgan fingerprint density at radius 1 is 1.50 bits per heavy atom. The second-order valence-corrected chi connectivity index (χ2v) is 5.53. The average Bonchev–Trinajstić information content (AvgIpc) is 2.48. The molecule has 1 unspecified atom stereocenters. The molecule has 4 nitrogen and oxygen atoms in total. The molecule has 0 aliphatic heterocycles. The third-order valence-electron chi connectivity index (χ3n) is 2.30. The van der Waals surface area contributed by atoms with E-state index in [1.807, 2.05) is 19.3 Å². The van der Waals surface area contributed by atoms with Crippen LogP contribution in [0.4, 0.5) is 0 Å². The van der Waals surface area contributed by atoms with Gasteiger partial charge in [-0.25, -0.2) is 0 Å². The predicted octanol–water partition coefficient (Wildman–Crippen LogP) is 1.31. The highest BCUT2D eigenvalue weighted by molar-refractivity contribution is 4.97. The van der Waals surface area contributed by atoms with Gasteiger partial charge in [-0.3, -0.25) is 4.68 Å². The molecule has 0 spiro atoms. The molecule has 1 heterocycles. The average molecular weight is 225 g/mol. The third kappa shape index (κ3) is 5.28. The van der Waals surface area contributed by atoms with Gasteiger partial charge < -0.3 is 10.4 Å². The molecule has 16 heavy (non-hydrogen) atoms. The van der Waals surface area contributed by atoms with E-state index in [1.165, 1.54) is 0 Å². The van der Waals surface area contributed by atoms with Crippen LogP contribution in [0.3, 0.4) is 0 Å². The van der Waals surface area contributed by atoms with Crippen molar-refractivity contribution in [1.82, 2.24) is 15.1 Å². The van der Waals surface area contributed by atoms with Gasteiger partial charge in [0.2, 0.25) is 0 Å². The van der Waals surface area contributed by atoms with Crippen LogP contribution in [0.2, 0.25) is 0 Å². The van der Waals surface area contributed by atoms with Gasteiger partial charge in [0.1, 0.15) is 0 Å². The van der Waals surface area contributed by atoms with Crippen LogP contribution < -0.4 is 5.32 Å². The first-order chi connectivity index (χ1) is 7.37. The number of nitrogens with one attached hydrogen (secondary N) is 1. The van der Waals surface area contributed by atoms with Gasteiger partial charge in [0, 0.05) is 26.3 Å². The highest BCUT2D eigenvalue weighted by Crippen LogP contribution is 2.20. The Bertz CT molecular complexity index is 314. The fourth-order valence-corrected chi connectivity index (χ4v) is 1.70. The molecule has 1 aromatic heterocycles. The fraction of sp³-hybridized carbons (Fsp3) is 0.750. The van der Waals surface area contributed by atoms with E-state index in [0.717, 1.165) is 12.1 Å². The van der Waals surface area contributed by atoms with Crippen molar-refractivity contribution in [3.8, 4) is 0 Å². The number of aliphatic hydroxyl groups excluding tert-OH is 1. The summed E-state index contributed by atoms with van der Waals surface area (Å²) in [5.74, 6) is 0. The van der Waals surface area contributed by atoms with Crippen LogP contribution in [0.1, 0.15) is 32.9 Å². The smallest absolute Gasteiger partial charge is 0.0762 e. The molecule has 0 amide bonds. The van der Waals surface area contributed by atoms with E-state index in [0.29, 0.717) is 13.1 Å². The van der Waals surface area contributed by atoms with E-state index >= 15 is 0 Å². The first-order valence-electron chi connectivity index (χ1n) is 5.74. The number of hydrogen-bond donors (Lipinski definition) is 2. The van der Waals surface area contributed by atoms with Gasteiger partial charge in [-0.15, -0.1) is 0 Å². The molecule has 0 fully saturated rings. The van der Waals surface area contributed by atoms with Crippen molar-refractivity contribution in [2.24, 2.45) is 12.5 Å². The van der Waals surface area contributed by atoms with E-state index in [1.54, 1.807) is 4.68 Å². The van der Waals surface area contributed by atoms with Crippen LogP contribution in [0.25, 0.3) is 0 Å². The molecule has 0 aliphatic carbocycles. The van der Waals surface area contributed by atoms with Gasteiger partial charge in [0.25, 0.3) is 0 Å². The fourth-order valence-electron chi connectivity index (χ4n) is 1.70. The lowest BCUT2D eigenvalue weighted by atomic mass is 9.89. The lowest BCUT2D eigenvalue weighted by molar-refractivity contribution is 0.119. The maximum atomic E-state index is 9.78. The lowest BCUT2D eigenvalue weighted by Gasteiger charge is -2.22. The predicted molar refractivity (Wildman–Crippen MR) is 65.0 cm³/mol. The van der Waals surface area contributed by atoms with E-state index in [2.05, 4.69) is 31.2 Å². The van der Waals surface area contributed by atoms with Gasteiger partial charge in [0.05, 0.1) is 11.8 Å². The van der Waals surface area contributed by atoms with E-state index in [4.69, 9.17) is 0 Å². The Balaban J connectivity index is 2.20. The van der Waals surface area contributed by atoms with E-state index in [9.17, 15) is 5.11 Å². The second kappa shape index (κ2) is 5.46.